The fraction of sp³-hybridized carbons (Fsp3) is 0.294. The summed E-state index contributed by atoms with van der Waals surface area (Å²) in [6.45, 7) is 7.63. The monoisotopic (exact) mass is 623 g/mol. The molecule has 1 aliphatic heterocycles. The van der Waals surface area contributed by atoms with Crippen LogP contribution in [-0.2, 0) is 17.6 Å². The van der Waals surface area contributed by atoms with Crippen molar-refractivity contribution < 1.29 is 27.1 Å². The second-order valence-corrected chi connectivity index (χ2v) is 12.4. The highest BCUT2D eigenvalue weighted by Crippen LogP contribution is 2.51. The Balaban J connectivity index is 1.68. The van der Waals surface area contributed by atoms with Crippen molar-refractivity contribution in [3.63, 3.8) is 0 Å². The van der Waals surface area contributed by atoms with E-state index < -0.39 is 28.9 Å². The number of benzene rings is 3. The van der Waals surface area contributed by atoms with Crippen molar-refractivity contribution >= 4 is 23.1 Å². The molecule has 0 saturated heterocycles. The first-order valence-corrected chi connectivity index (χ1v) is 14.3. The lowest BCUT2D eigenvalue weighted by Crippen LogP contribution is -2.42. The van der Waals surface area contributed by atoms with Crippen LogP contribution in [0.2, 0.25) is 5.02 Å². The first-order chi connectivity index (χ1) is 20.6. The number of allylic oxidation sites excluding steroid dienone is 3. The topological polar surface area (TPSA) is 79.3 Å². The Morgan fingerprint density at radius 3 is 2.50 bits per heavy atom. The summed E-state index contributed by atoms with van der Waals surface area (Å²) in [7, 11) is 0. The molecule has 2 N–H and O–H groups in total. The van der Waals surface area contributed by atoms with Crippen LogP contribution in [0.1, 0.15) is 60.4 Å². The molecule has 0 aromatic heterocycles. The number of carbonyl (C=O) groups excluding carboxylic acids is 1. The van der Waals surface area contributed by atoms with Gasteiger partial charge in [-0.2, -0.15) is 18.4 Å². The number of nitriles is 1. The molecule has 0 radical (unpaired) electrons. The number of Topliss-reactive ketones (excluding diaryl/α,β-unsaturated/α-hetero) is 1. The van der Waals surface area contributed by atoms with Crippen LogP contribution in [0.5, 0.6) is 5.75 Å². The maximum absolute atomic E-state index is 13.9. The highest BCUT2D eigenvalue weighted by Gasteiger charge is 2.45. The zero-order valence-electron chi connectivity index (χ0n) is 24.6. The second kappa shape index (κ2) is 11.3. The summed E-state index contributed by atoms with van der Waals surface area (Å²) in [5, 5.41) is 10.6. The Hall–Kier alpha value is -4.29. The lowest BCUT2D eigenvalue weighted by molar-refractivity contribution is -0.137. The predicted molar refractivity (Wildman–Crippen MR) is 160 cm³/mol. The van der Waals surface area contributed by atoms with Gasteiger partial charge in [-0.3, -0.25) is 9.69 Å². The van der Waals surface area contributed by atoms with Gasteiger partial charge in [0.1, 0.15) is 24.0 Å². The van der Waals surface area contributed by atoms with Crippen LogP contribution in [0.15, 0.2) is 77.3 Å². The van der Waals surface area contributed by atoms with E-state index in [0.717, 1.165) is 34.9 Å². The number of ketones is 1. The maximum atomic E-state index is 13.9. The fourth-order valence-corrected chi connectivity index (χ4v) is 6.32. The Bertz CT molecular complexity index is 1790. The normalized spacial score (nSPS) is 18.3. The highest BCUT2D eigenvalue weighted by atomic mass is 35.5. The summed E-state index contributed by atoms with van der Waals surface area (Å²) < 4.78 is 60.5. The smallest absolute Gasteiger partial charge is 0.416 e. The van der Waals surface area contributed by atoms with E-state index in [1.54, 1.807) is 0 Å². The lowest BCUT2D eigenvalue weighted by Gasteiger charge is -2.44. The van der Waals surface area contributed by atoms with Crippen molar-refractivity contribution in [2.75, 3.05) is 4.90 Å². The molecular weight excluding hydrogens is 594 g/mol. The summed E-state index contributed by atoms with van der Waals surface area (Å²) in [4.78, 5) is 15.4. The van der Waals surface area contributed by atoms with E-state index in [-0.39, 0.29) is 40.9 Å². The van der Waals surface area contributed by atoms with Gasteiger partial charge in [-0.05, 0) is 78.8 Å². The molecule has 3 aromatic carbocycles. The average molecular weight is 624 g/mol. The molecule has 0 fully saturated rings. The van der Waals surface area contributed by atoms with Crippen LogP contribution < -0.4 is 15.4 Å². The SMILES string of the molecule is Cc1cc(COc2ccc(F)cc2Cl)c(C)c(C2C(C#N)=C(N)N(c3cccc(C(F)(F)F)c3)C3=C2C(=O)CC(C)(C)C3)c1. The third kappa shape index (κ3) is 5.79. The molecule has 5 nitrogen and oxygen atoms in total. The Kier molecular flexibility index (Phi) is 8.02. The Morgan fingerprint density at radius 2 is 1.84 bits per heavy atom. The Labute approximate surface area is 258 Å². The number of nitrogens with two attached hydrogens (primary N) is 1. The number of hydrogen-bond acceptors (Lipinski definition) is 5. The minimum Gasteiger partial charge on any atom is -0.487 e. The molecule has 228 valence electrons. The number of aryl methyl sites for hydroxylation is 1. The fourth-order valence-electron chi connectivity index (χ4n) is 6.10. The Morgan fingerprint density at radius 1 is 1.11 bits per heavy atom. The van der Waals surface area contributed by atoms with E-state index in [1.165, 1.54) is 29.2 Å². The van der Waals surface area contributed by atoms with E-state index in [2.05, 4.69) is 6.07 Å². The van der Waals surface area contributed by atoms with Crippen LogP contribution in [0.25, 0.3) is 0 Å². The molecule has 5 rings (SSSR count). The average Bonchev–Trinajstić information content (AvgIpc) is 2.92. The van der Waals surface area contributed by atoms with Crippen LogP contribution in [0.4, 0.5) is 23.2 Å². The zero-order valence-corrected chi connectivity index (χ0v) is 25.3. The van der Waals surface area contributed by atoms with Gasteiger partial charge < -0.3 is 10.5 Å². The molecular formula is C34H30ClF4N3O2. The number of halogens is 5. The quantitative estimate of drug-likeness (QED) is 0.288. The van der Waals surface area contributed by atoms with Gasteiger partial charge in [-0.25, -0.2) is 4.39 Å². The number of rotatable bonds is 5. The van der Waals surface area contributed by atoms with Crippen molar-refractivity contribution in [3.8, 4) is 11.8 Å². The zero-order chi connectivity index (χ0) is 32.1. The van der Waals surface area contributed by atoms with Crippen LogP contribution >= 0.6 is 11.6 Å². The summed E-state index contributed by atoms with van der Waals surface area (Å²) in [6.07, 6.45) is -4.05. The van der Waals surface area contributed by atoms with Gasteiger partial charge in [-0.1, -0.05) is 49.2 Å². The summed E-state index contributed by atoms with van der Waals surface area (Å²) >= 11 is 6.16. The van der Waals surface area contributed by atoms with Crippen molar-refractivity contribution in [2.24, 2.45) is 11.1 Å². The van der Waals surface area contributed by atoms with E-state index in [1.807, 2.05) is 39.8 Å². The van der Waals surface area contributed by atoms with Crippen LogP contribution in [0.3, 0.4) is 0 Å². The van der Waals surface area contributed by atoms with Gasteiger partial charge >= 0.3 is 6.18 Å². The van der Waals surface area contributed by atoms with Gasteiger partial charge in [0, 0.05) is 23.4 Å². The van der Waals surface area contributed by atoms with E-state index in [9.17, 15) is 27.6 Å². The summed E-state index contributed by atoms with van der Waals surface area (Å²) in [5.41, 5.74) is 9.30. The van der Waals surface area contributed by atoms with E-state index in [4.69, 9.17) is 22.1 Å². The molecule has 0 saturated carbocycles. The van der Waals surface area contributed by atoms with Gasteiger partial charge in [0.05, 0.1) is 28.1 Å². The van der Waals surface area contributed by atoms with Gasteiger partial charge in [-0.15, -0.1) is 0 Å². The molecule has 0 amide bonds. The number of hydrogen-bond donors (Lipinski definition) is 1. The van der Waals surface area contributed by atoms with Crippen molar-refractivity contribution in [2.45, 2.75) is 59.2 Å². The molecule has 3 aromatic rings. The summed E-state index contributed by atoms with van der Waals surface area (Å²) in [6, 6.07) is 14.5. The number of alkyl halides is 3. The molecule has 1 aliphatic carbocycles. The maximum Gasteiger partial charge on any atom is 0.416 e. The third-order valence-corrected chi connectivity index (χ3v) is 8.40. The molecule has 0 bridgehead atoms. The predicted octanol–water partition coefficient (Wildman–Crippen LogP) is 8.63. The minimum absolute atomic E-state index is 0.0297. The second-order valence-electron chi connectivity index (χ2n) is 12.0. The minimum atomic E-state index is -4.60. The van der Waals surface area contributed by atoms with Gasteiger partial charge in [0.2, 0.25) is 0 Å². The molecule has 10 heteroatoms. The lowest BCUT2D eigenvalue weighted by atomic mass is 9.68. The first-order valence-electron chi connectivity index (χ1n) is 13.9. The standard InChI is InChI=1S/C34H30ClF4N3O2/c1-18-10-20(17-44-29-9-8-22(36)13-26(29)35)19(2)24(11-18)30-25(16-40)32(41)42(23-7-5-6-21(12-23)34(37,38)39)27-14-33(3,4)15-28(43)31(27)30/h5-13,30H,14-15,17,41H2,1-4H3. The van der Waals surface area contributed by atoms with Crippen LogP contribution in [0, 0.1) is 36.4 Å². The van der Waals surface area contributed by atoms with E-state index >= 15 is 0 Å². The number of nitrogens with zero attached hydrogens (tertiary/aromatic N) is 2. The first kappa shape index (κ1) is 31.1. The molecule has 0 spiro atoms. The molecule has 1 heterocycles. The number of anilines is 1. The summed E-state index contributed by atoms with van der Waals surface area (Å²) in [5.74, 6) is -1.27. The third-order valence-electron chi connectivity index (χ3n) is 8.10. The van der Waals surface area contributed by atoms with E-state index in [0.29, 0.717) is 29.0 Å². The van der Waals surface area contributed by atoms with Crippen molar-refractivity contribution in [1.29, 1.82) is 5.26 Å². The van der Waals surface area contributed by atoms with Gasteiger partial charge in [0.25, 0.3) is 0 Å². The molecule has 1 unspecified atom stereocenters. The van der Waals surface area contributed by atoms with Crippen molar-refractivity contribution in [3.05, 3.63) is 116 Å². The van der Waals surface area contributed by atoms with Crippen LogP contribution in [-0.4, -0.2) is 5.78 Å². The number of carbonyl (C=O) groups is 1. The molecule has 2 aliphatic rings. The number of ether oxygens (including phenoxy) is 1. The van der Waals surface area contributed by atoms with Crippen molar-refractivity contribution in [1.82, 2.24) is 0 Å². The highest BCUT2D eigenvalue weighted by molar-refractivity contribution is 6.32. The molecule has 1 atom stereocenters. The largest absolute Gasteiger partial charge is 0.487 e. The molecule has 44 heavy (non-hydrogen) atoms. The van der Waals surface area contributed by atoms with Gasteiger partial charge in [0.15, 0.2) is 5.78 Å².